The van der Waals surface area contributed by atoms with Gasteiger partial charge in [-0.25, -0.2) is 0 Å². The minimum atomic E-state index is -1.06. The molecule has 18 heavy (non-hydrogen) atoms. The SMILES string of the molecule is Cc1cccc(C(=O)NNC(=O)CCC(=O)O)c1. The van der Waals surface area contributed by atoms with Crippen LogP contribution < -0.4 is 10.9 Å². The van der Waals surface area contributed by atoms with Crippen molar-refractivity contribution in [2.24, 2.45) is 0 Å². The monoisotopic (exact) mass is 250 g/mol. The number of hydrogen-bond donors (Lipinski definition) is 3. The van der Waals surface area contributed by atoms with E-state index in [0.717, 1.165) is 5.56 Å². The third-order valence-electron chi connectivity index (χ3n) is 2.16. The van der Waals surface area contributed by atoms with Crippen LogP contribution in [-0.4, -0.2) is 22.9 Å². The lowest BCUT2D eigenvalue weighted by Crippen LogP contribution is -2.41. The van der Waals surface area contributed by atoms with Crippen molar-refractivity contribution in [3.05, 3.63) is 35.4 Å². The van der Waals surface area contributed by atoms with Crippen molar-refractivity contribution >= 4 is 17.8 Å². The molecular formula is C12H14N2O4. The Labute approximate surface area is 104 Å². The average Bonchev–Trinajstić information content (AvgIpc) is 2.33. The predicted molar refractivity (Wildman–Crippen MR) is 63.7 cm³/mol. The van der Waals surface area contributed by atoms with Crippen LogP contribution in [0.15, 0.2) is 24.3 Å². The van der Waals surface area contributed by atoms with Crippen molar-refractivity contribution in [1.82, 2.24) is 10.9 Å². The van der Waals surface area contributed by atoms with Gasteiger partial charge in [-0.2, -0.15) is 0 Å². The van der Waals surface area contributed by atoms with E-state index in [-0.39, 0.29) is 12.8 Å². The summed E-state index contributed by atoms with van der Waals surface area (Å²) < 4.78 is 0. The summed E-state index contributed by atoms with van der Waals surface area (Å²) >= 11 is 0. The second kappa shape index (κ2) is 6.39. The van der Waals surface area contributed by atoms with E-state index in [4.69, 9.17) is 5.11 Å². The van der Waals surface area contributed by atoms with Crippen LogP contribution in [0.4, 0.5) is 0 Å². The normalized spacial score (nSPS) is 9.61. The van der Waals surface area contributed by atoms with E-state index < -0.39 is 17.8 Å². The second-order valence-electron chi connectivity index (χ2n) is 3.77. The van der Waals surface area contributed by atoms with Gasteiger partial charge in [-0.3, -0.25) is 25.2 Å². The molecule has 6 heteroatoms. The molecule has 1 aromatic rings. The molecule has 0 fully saturated rings. The maximum atomic E-state index is 11.6. The lowest BCUT2D eigenvalue weighted by Gasteiger charge is -2.07. The molecule has 96 valence electrons. The summed E-state index contributed by atoms with van der Waals surface area (Å²) in [5, 5.41) is 8.38. The highest BCUT2D eigenvalue weighted by Gasteiger charge is 2.08. The van der Waals surface area contributed by atoms with Gasteiger partial charge in [-0.1, -0.05) is 17.7 Å². The van der Waals surface area contributed by atoms with Crippen molar-refractivity contribution in [2.75, 3.05) is 0 Å². The van der Waals surface area contributed by atoms with Gasteiger partial charge in [0.25, 0.3) is 5.91 Å². The smallest absolute Gasteiger partial charge is 0.303 e. The number of benzene rings is 1. The highest BCUT2D eigenvalue weighted by molar-refractivity contribution is 5.95. The number of carboxylic acids is 1. The van der Waals surface area contributed by atoms with Gasteiger partial charge in [0, 0.05) is 12.0 Å². The van der Waals surface area contributed by atoms with Gasteiger partial charge in [0.1, 0.15) is 0 Å². The maximum Gasteiger partial charge on any atom is 0.303 e. The maximum absolute atomic E-state index is 11.6. The quantitative estimate of drug-likeness (QED) is 0.682. The van der Waals surface area contributed by atoms with Gasteiger partial charge in [-0.15, -0.1) is 0 Å². The Kier molecular flexibility index (Phi) is 4.86. The summed E-state index contributed by atoms with van der Waals surface area (Å²) in [4.78, 5) is 33.0. The van der Waals surface area contributed by atoms with Crippen LogP contribution >= 0.6 is 0 Å². The lowest BCUT2D eigenvalue weighted by molar-refractivity contribution is -0.138. The number of aryl methyl sites for hydroxylation is 1. The standard InChI is InChI=1S/C12H14N2O4/c1-8-3-2-4-9(7-8)12(18)14-13-10(15)5-6-11(16)17/h2-4,7H,5-6H2,1H3,(H,13,15)(H,14,18)(H,16,17). The zero-order chi connectivity index (χ0) is 13.5. The molecule has 3 N–H and O–H groups in total. The van der Waals surface area contributed by atoms with Crippen LogP contribution in [0.25, 0.3) is 0 Å². The van der Waals surface area contributed by atoms with E-state index in [1.807, 2.05) is 13.0 Å². The molecule has 0 bridgehead atoms. The third-order valence-corrected chi connectivity index (χ3v) is 2.16. The summed E-state index contributed by atoms with van der Waals surface area (Å²) in [6.45, 7) is 1.85. The summed E-state index contributed by atoms with van der Waals surface area (Å²) in [5.74, 6) is -2.05. The molecule has 1 rings (SSSR count). The molecule has 0 saturated carbocycles. The number of aliphatic carboxylic acids is 1. The second-order valence-corrected chi connectivity index (χ2v) is 3.77. The highest BCUT2D eigenvalue weighted by atomic mass is 16.4. The number of carbonyl (C=O) groups is 3. The molecule has 0 saturated heterocycles. The van der Waals surface area contributed by atoms with Crippen LogP contribution in [0.3, 0.4) is 0 Å². The molecule has 2 amide bonds. The van der Waals surface area contributed by atoms with Crippen molar-refractivity contribution in [3.8, 4) is 0 Å². The number of nitrogens with one attached hydrogen (secondary N) is 2. The number of carbonyl (C=O) groups excluding carboxylic acids is 2. The van der Waals surface area contributed by atoms with E-state index in [1.165, 1.54) is 0 Å². The Morgan fingerprint density at radius 2 is 1.89 bits per heavy atom. The van der Waals surface area contributed by atoms with Crippen molar-refractivity contribution < 1.29 is 19.5 Å². The topological polar surface area (TPSA) is 95.5 Å². The molecule has 0 atom stereocenters. The fourth-order valence-corrected chi connectivity index (χ4v) is 1.27. The lowest BCUT2D eigenvalue weighted by atomic mass is 10.1. The number of amides is 2. The number of hydrogen-bond acceptors (Lipinski definition) is 3. The summed E-state index contributed by atoms with van der Waals surface area (Å²) in [6, 6.07) is 6.88. The molecule has 0 heterocycles. The van der Waals surface area contributed by atoms with Gasteiger partial charge < -0.3 is 5.11 Å². The molecule has 0 aliphatic carbocycles. The van der Waals surface area contributed by atoms with Crippen LogP contribution in [0, 0.1) is 6.92 Å². The van der Waals surface area contributed by atoms with E-state index in [9.17, 15) is 14.4 Å². The van der Waals surface area contributed by atoms with E-state index in [0.29, 0.717) is 5.56 Å². The number of hydrazine groups is 1. The number of rotatable bonds is 4. The fourth-order valence-electron chi connectivity index (χ4n) is 1.27. The first-order valence-electron chi connectivity index (χ1n) is 5.36. The van der Waals surface area contributed by atoms with Crippen molar-refractivity contribution in [3.63, 3.8) is 0 Å². The van der Waals surface area contributed by atoms with Crippen LogP contribution in [0.5, 0.6) is 0 Å². The Hall–Kier alpha value is -2.37. The Balaban J connectivity index is 2.42. The molecule has 1 aromatic carbocycles. The summed E-state index contributed by atoms with van der Waals surface area (Å²) in [5.41, 5.74) is 5.73. The van der Waals surface area contributed by atoms with Gasteiger partial charge in [0.15, 0.2) is 0 Å². The van der Waals surface area contributed by atoms with Gasteiger partial charge in [-0.05, 0) is 19.1 Å². The average molecular weight is 250 g/mol. The first-order chi connectivity index (χ1) is 8.49. The van der Waals surface area contributed by atoms with E-state index in [1.54, 1.807) is 18.2 Å². The Morgan fingerprint density at radius 3 is 2.50 bits per heavy atom. The molecule has 0 aliphatic heterocycles. The zero-order valence-electron chi connectivity index (χ0n) is 9.90. The minimum absolute atomic E-state index is 0.177. The molecule has 0 unspecified atom stereocenters. The molecule has 0 aliphatic rings. The minimum Gasteiger partial charge on any atom is -0.481 e. The van der Waals surface area contributed by atoms with Crippen molar-refractivity contribution in [1.29, 1.82) is 0 Å². The van der Waals surface area contributed by atoms with Gasteiger partial charge in [0.05, 0.1) is 6.42 Å². The number of carboxylic acid groups (broad SMARTS) is 1. The van der Waals surface area contributed by atoms with E-state index in [2.05, 4.69) is 10.9 Å². The molecule has 0 radical (unpaired) electrons. The van der Waals surface area contributed by atoms with Gasteiger partial charge in [0.2, 0.25) is 5.91 Å². The molecule has 0 aromatic heterocycles. The summed E-state index contributed by atoms with van der Waals surface area (Å²) in [7, 11) is 0. The highest BCUT2D eigenvalue weighted by Crippen LogP contribution is 2.02. The fraction of sp³-hybridized carbons (Fsp3) is 0.250. The van der Waals surface area contributed by atoms with Gasteiger partial charge >= 0.3 is 5.97 Å². The predicted octanol–water partition coefficient (Wildman–Crippen LogP) is 0.621. The van der Waals surface area contributed by atoms with Crippen LogP contribution in [-0.2, 0) is 9.59 Å². The summed E-state index contributed by atoms with van der Waals surface area (Å²) in [6.07, 6.45) is -0.449. The first kappa shape index (κ1) is 13.7. The van der Waals surface area contributed by atoms with Crippen LogP contribution in [0.2, 0.25) is 0 Å². The first-order valence-corrected chi connectivity index (χ1v) is 5.36. The molecule has 0 spiro atoms. The molecule has 6 nitrogen and oxygen atoms in total. The Morgan fingerprint density at radius 1 is 1.17 bits per heavy atom. The van der Waals surface area contributed by atoms with Crippen molar-refractivity contribution in [2.45, 2.75) is 19.8 Å². The molecular weight excluding hydrogens is 236 g/mol. The zero-order valence-corrected chi connectivity index (χ0v) is 9.90. The van der Waals surface area contributed by atoms with E-state index >= 15 is 0 Å². The largest absolute Gasteiger partial charge is 0.481 e. The third kappa shape index (κ3) is 4.65. The van der Waals surface area contributed by atoms with Crippen LogP contribution in [0.1, 0.15) is 28.8 Å². The Bertz CT molecular complexity index is 471.